The van der Waals surface area contributed by atoms with E-state index in [1.54, 1.807) is 18.4 Å². The Morgan fingerprint density at radius 2 is 2.00 bits per heavy atom. The van der Waals surface area contributed by atoms with Crippen molar-refractivity contribution in [2.24, 2.45) is 0 Å². The Hall–Kier alpha value is -3.38. The number of thiazole rings is 1. The van der Waals surface area contributed by atoms with Crippen molar-refractivity contribution >= 4 is 39.5 Å². The molecule has 0 saturated carbocycles. The van der Waals surface area contributed by atoms with Crippen LogP contribution in [0, 0.1) is 6.92 Å². The van der Waals surface area contributed by atoms with Crippen molar-refractivity contribution in [2.45, 2.75) is 6.92 Å². The van der Waals surface area contributed by atoms with Crippen molar-refractivity contribution in [2.75, 3.05) is 12.4 Å². The number of nitrogens with one attached hydrogen (secondary N) is 1. The second-order valence-corrected chi connectivity index (χ2v) is 7.84. The van der Waals surface area contributed by atoms with E-state index in [0.29, 0.717) is 11.3 Å². The third-order valence-corrected chi connectivity index (χ3v) is 5.71. The van der Waals surface area contributed by atoms with Gasteiger partial charge in [-0.1, -0.05) is 30.3 Å². The maximum absolute atomic E-state index is 12.7. The Kier molecular flexibility index (Phi) is 3.80. The van der Waals surface area contributed by atoms with Crippen molar-refractivity contribution in [1.29, 1.82) is 0 Å². The zero-order valence-electron chi connectivity index (χ0n) is 15.4. The van der Waals surface area contributed by atoms with Crippen molar-refractivity contribution in [1.82, 2.24) is 9.38 Å². The molecule has 3 heterocycles. The van der Waals surface area contributed by atoms with Crippen LogP contribution in [-0.2, 0) is 4.79 Å². The highest BCUT2D eigenvalue weighted by molar-refractivity contribution is 7.17. The Morgan fingerprint density at radius 1 is 1.18 bits per heavy atom. The lowest BCUT2D eigenvalue weighted by atomic mass is 10.0. The SMILES string of the molecule is COc1ccc2c(c1)/C(=C\c1c(-c3ccccc3)nc3sc(C)cn13)C(=O)N2. The van der Waals surface area contributed by atoms with Crippen molar-refractivity contribution in [3.8, 4) is 17.0 Å². The number of imidazole rings is 1. The van der Waals surface area contributed by atoms with E-state index in [4.69, 9.17) is 9.72 Å². The van der Waals surface area contributed by atoms with Gasteiger partial charge in [0.15, 0.2) is 4.96 Å². The van der Waals surface area contributed by atoms with Crippen LogP contribution in [0.4, 0.5) is 5.69 Å². The summed E-state index contributed by atoms with van der Waals surface area (Å²) in [4.78, 5) is 19.6. The number of benzene rings is 2. The number of aromatic nitrogens is 2. The molecular formula is C22H17N3O2S. The molecule has 0 unspecified atom stereocenters. The predicted octanol–water partition coefficient (Wildman–Crippen LogP) is 4.87. The molecule has 1 aliphatic rings. The number of methoxy groups -OCH3 is 1. The maximum Gasteiger partial charge on any atom is 0.256 e. The van der Waals surface area contributed by atoms with E-state index < -0.39 is 0 Å². The first kappa shape index (κ1) is 16.8. The number of hydrogen-bond donors (Lipinski definition) is 1. The van der Waals surface area contributed by atoms with E-state index in [-0.39, 0.29) is 5.91 Å². The summed E-state index contributed by atoms with van der Waals surface area (Å²) in [5.74, 6) is 0.596. The number of amides is 1. The molecule has 1 N–H and O–H groups in total. The molecule has 1 amide bonds. The quantitative estimate of drug-likeness (QED) is 0.510. The second-order valence-electron chi connectivity index (χ2n) is 6.63. The zero-order chi connectivity index (χ0) is 19.3. The zero-order valence-corrected chi connectivity index (χ0v) is 16.2. The molecule has 0 spiro atoms. The highest BCUT2D eigenvalue weighted by Gasteiger charge is 2.26. The van der Waals surface area contributed by atoms with Crippen molar-refractivity contribution in [3.63, 3.8) is 0 Å². The average Bonchev–Trinajstić information content (AvgIpc) is 3.33. The van der Waals surface area contributed by atoms with Gasteiger partial charge in [0.2, 0.25) is 0 Å². The molecule has 0 atom stereocenters. The monoisotopic (exact) mass is 387 g/mol. The summed E-state index contributed by atoms with van der Waals surface area (Å²) in [7, 11) is 1.62. The summed E-state index contributed by atoms with van der Waals surface area (Å²) in [6.45, 7) is 2.06. The topological polar surface area (TPSA) is 55.6 Å². The van der Waals surface area contributed by atoms with E-state index >= 15 is 0 Å². The normalized spacial score (nSPS) is 14.5. The van der Waals surface area contributed by atoms with Gasteiger partial charge in [0, 0.05) is 27.9 Å². The number of carbonyl (C=O) groups excluding carboxylic acids is 1. The lowest BCUT2D eigenvalue weighted by molar-refractivity contribution is -0.110. The lowest BCUT2D eigenvalue weighted by Crippen LogP contribution is -2.03. The molecule has 2 aromatic carbocycles. The van der Waals surface area contributed by atoms with E-state index in [9.17, 15) is 4.79 Å². The molecule has 2 aromatic heterocycles. The van der Waals surface area contributed by atoms with E-state index in [0.717, 1.165) is 33.2 Å². The van der Waals surface area contributed by atoms with Gasteiger partial charge >= 0.3 is 0 Å². The maximum atomic E-state index is 12.7. The van der Waals surface area contributed by atoms with Gasteiger partial charge in [-0.15, -0.1) is 11.3 Å². The molecule has 5 rings (SSSR count). The molecule has 0 aliphatic carbocycles. The number of rotatable bonds is 3. The number of ether oxygens (including phenoxy) is 1. The molecule has 4 aromatic rings. The Bertz CT molecular complexity index is 1250. The third kappa shape index (κ3) is 2.61. The van der Waals surface area contributed by atoms with Gasteiger partial charge in [0.25, 0.3) is 5.91 Å². The fraction of sp³-hybridized carbons (Fsp3) is 0.0909. The van der Waals surface area contributed by atoms with Crippen LogP contribution in [-0.4, -0.2) is 22.4 Å². The standard InChI is InChI=1S/C22H17N3O2S/c1-13-12-25-19(20(24-22(25)28-13)14-6-4-3-5-7-14)11-17-16-10-15(27-2)8-9-18(16)23-21(17)26/h3-12H,1-2H3,(H,23,26)/b17-11+. The average molecular weight is 387 g/mol. The van der Waals surface area contributed by atoms with Crippen LogP contribution in [0.25, 0.3) is 27.9 Å². The second kappa shape index (κ2) is 6.35. The van der Waals surface area contributed by atoms with E-state index in [2.05, 4.69) is 22.8 Å². The Labute approximate surface area is 165 Å². The van der Waals surface area contributed by atoms with Crippen LogP contribution in [0.3, 0.4) is 0 Å². The summed E-state index contributed by atoms with van der Waals surface area (Å²) in [5.41, 5.74) is 5.02. The van der Waals surface area contributed by atoms with Gasteiger partial charge in [0.1, 0.15) is 5.75 Å². The molecule has 0 bridgehead atoms. The summed E-state index contributed by atoms with van der Waals surface area (Å²) >= 11 is 1.63. The number of fused-ring (bicyclic) bond motifs is 2. The highest BCUT2D eigenvalue weighted by atomic mass is 32.1. The molecule has 0 fully saturated rings. The number of carbonyl (C=O) groups is 1. The molecule has 138 valence electrons. The van der Waals surface area contributed by atoms with Crippen molar-refractivity contribution in [3.05, 3.63) is 70.9 Å². The first-order valence-electron chi connectivity index (χ1n) is 8.89. The van der Waals surface area contributed by atoms with Gasteiger partial charge < -0.3 is 10.1 Å². The number of aryl methyl sites for hydroxylation is 1. The Balaban J connectivity index is 1.75. The Morgan fingerprint density at radius 3 is 2.79 bits per heavy atom. The molecule has 5 nitrogen and oxygen atoms in total. The third-order valence-electron chi connectivity index (χ3n) is 4.82. The van der Waals surface area contributed by atoms with Crippen LogP contribution in [0.15, 0.2) is 54.7 Å². The van der Waals surface area contributed by atoms with Crippen LogP contribution < -0.4 is 10.1 Å². The van der Waals surface area contributed by atoms with Gasteiger partial charge in [0.05, 0.1) is 24.1 Å². The summed E-state index contributed by atoms with van der Waals surface area (Å²) in [6, 6.07) is 15.6. The van der Waals surface area contributed by atoms with Crippen LogP contribution in [0.1, 0.15) is 16.1 Å². The minimum atomic E-state index is -0.121. The summed E-state index contributed by atoms with van der Waals surface area (Å²) < 4.78 is 7.40. The van der Waals surface area contributed by atoms with Crippen LogP contribution in [0.2, 0.25) is 0 Å². The molecule has 1 aliphatic heterocycles. The summed E-state index contributed by atoms with van der Waals surface area (Å²) in [5, 5.41) is 2.93. The molecular weight excluding hydrogens is 370 g/mol. The molecule has 0 saturated heterocycles. The number of nitrogens with zero attached hydrogens (tertiary/aromatic N) is 2. The van der Waals surface area contributed by atoms with Gasteiger partial charge in [-0.2, -0.15) is 0 Å². The van der Waals surface area contributed by atoms with Gasteiger partial charge in [-0.05, 0) is 31.2 Å². The van der Waals surface area contributed by atoms with Crippen molar-refractivity contribution < 1.29 is 9.53 Å². The van der Waals surface area contributed by atoms with E-state index in [1.165, 1.54) is 4.88 Å². The molecule has 28 heavy (non-hydrogen) atoms. The lowest BCUT2D eigenvalue weighted by Gasteiger charge is -2.04. The van der Waals surface area contributed by atoms with Gasteiger partial charge in [-0.25, -0.2) is 4.98 Å². The molecule has 6 heteroatoms. The number of anilines is 1. The first-order valence-corrected chi connectivity index (χ1v) is 9.71. The summed E-state index contributed by atoms with van der Waals surface area (Å²) in [6.07, 6.45) is 3.99. The fourth-order valence-corrected chi connectivity index (χ4v) is 4.33. The predicted molar refractivity (Wildman–Crippen MR) is 113 cm³/mol. The van der Waals surface area contributed by atoms with E-state index in [1.807, 2.05) is 54.6 Å². The van der Waals surface area contributed by atoms with Crippen LogP contribution >= 0.6 is 11.3 Å². The fourth-order valence-electron chi connectivity index (χ4n) is 3.49. The molecule has 0 radical (unpaired) electrons. The number of hydrogen-bond acceptors (Lipinski definition) is 4. The van der Waals surface area contributed by atoms with Crippen LogP contribution in [0.5, 0.6) is 5.75 Å². The minimum absolute atomic E-state index is 0.121. The van der Waals surface area contributed by atoms with Gasteiger partial charge in [-0.3, -0.25) is 9.20 Å². The smallest absolute Gasteiger partial charge is 0.256 e. The largest absolute Gasteiger partial charge is 0.497 e. The minimum Gasteiger partial charge on any atom is -0.497 e. The highest BCUT2D eigenvalue weighted by Crippen LogP contribution is 2.37. The first-order chi connectivity index (χ1) is 13.6.